The van der Waals surface area contributed by atoms with E-state index in [-0.39, 0.29) is 23.0 Å². The van der Waals surface area contributed by atoms with E-state index in [0.29, 0.717) is 0 Å². The molecular formula is C11H12N2O2. The maximum Gasteiger partial charge on any atom is 0.320 e. The number of nitrogens with one attached hydrogen (secondary N) is 1. The minimum Gasteiger partial charge on any atom is -0.480 e. The Hall–Kier alpha value is -1.81. The van der Waals surface area contributed by atoms with Crippen molar-refractivity contribution in [3.8, 4) is 0 Å². The smallest absolute Gasteiger partial charge is 0.320 e. The van der Waals surface area contributed by atoms with Crippen LogP contribution < -0.4 is 5.72 Å². The number of hydrogen-bond donors (Lipinski definition) is 3. The van der Waals surface area contributed by atoms with Gasteiger partial charge in [0.05, 0.1) is 5.48 Å². The first-order valence-electron chi connectivity index (χ1n) is 7.96. The molecule has 0 aliphatic carbocycles. The Morgan fingerprint density at radius 2 is 2.80 bits per heavy atom. The first kappa shape index (κ1) is 3.98. The fourth-order valence-corrected chi connectivity index (χ4v) is 1.16. The predicted molar refractivity (Wildman–Crippen MR) is 57.6 cm³/mol. The van der Waals surface area contributed by atoms with E-state index >= 15 is 0 Å². The Kier molecular flexibility index (Phi) is 0.994. The van der Waals surface area contributed by atoms with Gasteiger partial charge >= 0.3 is 5.97 Å². The van der Waals surface area contributed by atoms with Gasteiger partial charge in [-0.25, -0.2) is 0 Å². The molecular weight excluding hydrogens is 192 g/mol. The van der Waals surface area contributed by atoms with Gasteiger partial charge in [0.1, 0.15) is 8.84 Å². The van der Waals surface area contributed by atoms with Gasteiger partial charge in [0.25, 0.3) is 0 Å². The number of aliphatic carboxylic acids is 1. The average molecular weight is 212 g/mol. The van der Waals surface area contributed by atoms with E-state index in [1.165, 1.54) is 12.1 Å². The third kappa shape index (κ3) is 1.85. The quantitative estimate of drug-likeness (QED) is 0.710. The zero-order chi connectivity index (χ0) is 17.7. The van der Waals surface area contributed by atoms with E-state index in [9.17, 15) is 4.79 Å². The molecule has 4 heteroatoms. The number of rotatable bonds is 4. The lowest BCUT2D eigenvalue weighted by molar-refractivity contribution is -0.138. The summed E-state index contributed by atoms with van der Waals surface area (Å²) >= 11 is 0. The van der Waals surface area contributed by atoms with Gasteiger partial charge < -0.3 is 15.8 Å². The van der Waals surface area contributed by atoms with Crippen LogP contribution in [0.5, 0.6) is 0 Å². The maximum atomic E-state index is 11.3. The van der Waals surface area contributed by atoms with Crippen molar-refractivity contribution in [2.24, 2.45) is 5.72 Å². The van der Waals surface area contributed by atoms with E-state index < -0.39 is 35.8 Å². The lowest BCUT2D eigenvalue weighted by Crippen LogP contribution is -2.32. The van der Waals surface area contributed by atoms with E-state index in [4.69, 9.17) is 16.2 Å². The van der Waals surface area contributed by atoms with Crippen LogP contribution in [0, 0.1) is 0 Å². The van der Waals surface area contributed by atoms with Crippen LogP contribution >= 0.6 is 0 Å². The van der Waals surface area contributed by atoms with Gasteiger partial charge in [-0.3, -0.25) is 4.79 Å². The molecule has 0 aliphatic heterocycles. The van der Waals surface area contributed by atoms with Crippen LogP contribution in [0.1, 0.15) is 13.8 Å². The van der Waals surface area contributed by atoms with Crippen molar-refractivity contribution in [2.75, 3.05) is 0 Å². The molecule has 1 aromatic heterocycles. The van der Waals surface area contributed by atoms with Gasteiger partial charge in [-0.05, 0) is 11.6 Å². The highest BCUT2D eigenvalue weighted by molar-refractivity contribution is 5.84. The Morgan fingerprint density at radius 3 is 3.53 bits per heavy atom. The Bertz CT molecular complexity index is 790. The SMILES string of the molecule is [2H]c1ccc2c(C([2H])([2H])[C@@]([2H])(C(=O)O)N([2H])[2H])c([2H])[nH]c2c1[2H]. The molecule has 0 radical (unpaired) electrons. The summed E-state index contributed by atoms with van der Waals surface area (Å²) in [6.07, 6.45) is -3.70. The second kappa shape index (κ2) is 3.74. The van der Waals surface area contributed by atoms with E-state index in [0.717, 1.165) is 0 Å². The first-order chi connectivity index (χ1) is 10.5. The molecule has 0 aliphatic rings. The summed E-state index contributed by atoms with van der Waals surface area (Å²) in [6, 6.07) is -1.40. The molecule has 0 bridgehead atoms. The molecule has 2 aromatic rings. The molecule has 0 unspecified atom stereocenters. The van der Waals surface area contributed by atoms with Crippen molar-refractivity contribution >= 4 is 16.9 Å². The maximum absolute atomic E-state index is 11.3. The molecule has 15 heavy (non-hydrogen) atoms. The first-order valence-corrected chi connectivity index (χ1v) is 4.06. The number of carbonyl (C=O) groups is 1. The van der Waals surface area contributed by atoms with Crippen molar-refractivity contribution in [2.45, 2.75) is 12.4 Å². The average Bonchev–Trinajstić information content (AvgIpc) is 2.79. The second-order valence-electron chi connectivity index (χ2n) is 2.80. The predicted octanol–water partition coefficient (Wildman–Crippen LogP) is 1.12. The zero-order valence-corrected chi connectivity index (χ0v) is 7.46. The lowest BCUT2D eigenvalue weighted by Gasteiger charge is -2.04. The summed E-state index contributed by atoms with van der Waals surface area (Å²) < 4.78 is 61.2. The largest absolute Gasteiger partial charge is 0.480 e. The Labute approximate surface area is 98.1 Å². The third-order valence-corrected chi connectivity index (χ3v) is 1.83. The number of aromatic amines is 1. The number of benzene rings is 1. The summed E-state index contributed by atoms with van der Waals surface area (Å²) in [6.45, 7) is 0. The minimum atomic E-state index is -3.33. The summed E-state index contributed by atoms with van der Waals surface area (Å²) in [5, 5.41) is 9.11. The number of H-pyrrole nitrogens is 1. The van der Waals surface area contributed by atoms with Crippen LogP contribution in [0.2, 0.25) is 2.82 Å². The number of nitrogens with two attached hydrogens (primary N) is 1. The standard InChI is InChI=1S/C11H12N2O2/c12-9(11(14)15)5-7-6-13-10-4-2-1-3-8(7)10/h1-4,6,9,13H,5,12H2,(H,14,15)/t9-/m0/s1/i2D,4D,5D2,6D,9D/hD2. The summed E-state index contributed by atoms with van der Waals surface area (Å²) in [5.41, 5.74) is -1.17. The fraction of sp³-hybridized carbons (Fsp3) is 0.182. The second-order valence-corrected chi connectivity index (χ2v) is 2.80. The Balaban J connectivity index is 2.84. The molecule has 0 saturated heterocycles. The van der Waals surface area contributed by atoms with E-state index in [1.807, 2.05) is 0 Å². The molecule has 4 N–H and O–H groups in total. The van der Waals surface area contributed by atoms with Crippen molar-refractivity contribution in [1.29, 1.82) is 0 Å². The molecule has 78 valence electrons. The molecule has 0 fully saturated rings. The van der Waals surface area contributed by atoms with E-state index in [1.54, 1.807) is 0 Å². The monoisotopic (exact) mass is 212 g/mol. The van der Waals surface area contributed by atoms with Crippen LogP contribution in [-0.2, 0) is 11.2 Å². The Morgan fingerprint density at radius 1 is 1.93 bits per heavy atom. The third-order valence-electron chi connectivity index (χ3n) is 1.83. The van der Waals surface area contributed by atoms with Crippen LogP contribution in [0.25, 0.3) is 10.9 Å². The highest BCUT2D eigenvalue weighted by atomic mass is 16.4. The molecule has 1 atom stereocenters. The number of carboxylic acids is 1. The van der Waals surface area contributed by atoms with Gasteiger partial charge in [0.2, 0.25) is 0 Å². The fourth-order valence-electron chi connectivity index (χ4n) is 1.16. The van der Waals surface area contributed by atoms with Crippen molar-refractivity contribution in [3.63, 3.8) is 0 Å². The van der Waals surface area contributed by atoms with Crippen molar-refractivity contribution in [1.82, 2.24) is 4.98 Å². The molecule has 0 amide bonds. The van der Waals surface area contributed by atoms with Crippen molar-refractivity contribution in [3.05, 3.63) is 36.0 Å². The normalized spacial score (nSPS) is 23.8. The molecule has 0 spiro atoms. The molecule has 1 aromatic carbocycles. The van der Waals surface area contributed by atoms with Crippen LogP contribution in [-0.4, -0.2) is 22.1 Å². The van der Waals surface area contributed by atoms with Gasteiger partial charge in [-0.15, -0.1) is 0 Å². The highest BCUT2D eigenvalue weighted by Gasteiger charge is 2.14. The number of hydrogen-bond acceptors (Lipinski definition) is 2. The van der Waals surface area contributed by atoms with Gasteiger partial charge in [-0.2, -0.15) is 0 Å². The topological polar surface area (TPSA) is 79.1 Å². The van der Waals surface area contributed by atoms with E-state index in [2.05, 4.69) is 4.98 Å². The minimum absolute atomic E-state index is 0.0410. The van der Waals surface area contributed by atoms with Gasteiger partial charge in [0.15, 0.2) is 0 Å². The summed E-state index contributed by atoms with van der Waals surface area (Å²) in [5.74, 6) is -2.07. The van der Waals surface area contributed by atoms with Gasteiger partial charge in [-0.1, -0.05) is 18.2 Å². The molecule has 4 nitrogen and oxygen atoms in total. The number of para-hydroxylation sites is 1. The molecule has 1 heterocycles. The number of aromatic nitrogens is 1. The molecule has 0 saturated carbocycles. The van der Waals surface area contributed by atoms with Crippen LogP contribution in [0.15, 0.2) is 30.4 Å². The number of fused-ring (bicyclic) bond motifs is 1. The molecule has 2 rings (SSSR count). The van der Waals surface area contributed by atoms with Crippen LogP contribution in [0.4, 0.5) is 0 Å². The summed E-state index contributed by atoms with van der Waals surface area (Å²) in [7, 11) is 0. The lowest BCUT2D eigenvalue weighted by atomic mass is 10.1. The zero-order valence-electron chi connectivity index (χ0n) is 15.5. The summed E-state index contributed by atoms with van der Waals surface area (Å²) in [4.78, 5) is 13.7. The number of carboxylic acid groups (broad SMARTS) is 1. The van der Waals surface area contributed by atoms with Crippen LogP contribution in [0.3, 0.4) is 0 Å². The highest BCUT2D eigenvalue weighted by Crippen LogP contribution is 2.18. The van der Waals surface area contributed by atoms with Crippen molar-refractivity contribution < 1.29 is 20.9 Å². The van der Waals surface area contributed by atoms with Gasteiger partial charge in [0, 0.05) is 26.2 Å².